The Morgan fingerprint density at radius 2 is 2.00 bits per heavy atom. The first kappa shape index (κ1) is 14.9. The minimum absolute atomic E-state index is 0.0732. The molecule has 1 amide bonds. The van der Waals surface area contributed by atoms with Crippen LogP contribution in [0.2, 0.25) is 0 Å². The fourth-order valence-corrected chi connectivity index (χ4v) is 1.95. The van der Waals surface area contributed by atoms with Crippen LogP contribution in [-0.4, -0.2) is 30.2 Å². The maximum atomic E-state index is 11.9. The van der Waals surface area contributed by atoms with Gasteiger partial charge in [0.25, 0.3) is 5.91 Å². The highest BCUT2D eigenvalue weighted by atomic mass is 16.6. The molecule has 1 aliphatic rings. The number of aliphatic carboxylic acids is 1. The molecule has 2 N–H and O–H groups in total. The van der Waals surface area contributed by atoms with Crippen molar-refractivity contribution in [2.45, 2.75) is 19.3 Å². The van der Waals surface area contributed by atoms with Crippen LogP contribution in [0.25, 0.3) is 0 Å². The van der Waals surface area contributed by atoms with Crippen molar-refractivity contribution in [1.29, 1.82) is 0 Å². The number of ether oxygens (including phenoxy) is 2. The lowest BCUT2D eigenvalue weighted by molar-refractivity contribution is -0.137. The molecule has 0 spiro atoms. The number of carbonyl (C=O) groups is 2. The van der Waals surface area contributed by atoms with Crippen molar-refractivity contribution in [2.75, 3.05) is 18.5 Å². The van der Waals surface area contributed by atoms with Crippen molar-refractivity contribution < 1.29 is 24.2 Å². The topological polar surface area (TPSA) is 84.9 Å². The number of amides is 1. The number of anilines is 1. The monoisotopic (exact) mass is 291 g/mol. The van der Waals surface area contributed by atoms with Gasteiger partial charge in [0.2, 0.25) is 5.76 Å². The molecule has 0 aromatic heterocycles. The van der Waals surface area contributed by atoms with E-state index in [4.69, 9.17) is 14.6 Å². The zero-order valence-electron chi connectivity index (χ0n) is 11.7. The molecule has 1 aliphatic heterocycles. The second-order valence-electron chi connectivity index (χ2n) is 4.78. The van der Waals surface area contributed by atoms with E-state index in [9.17, 15) is 9.59 Å². The number of hydrogen-bond acceptors (Lipinski definition) is 4. The van der Waals surface area contributed by atoms with E-state index in [1.807, 2.05) is 6.92 Å². The molecule has 21 heavy (non-hydrogen) atoms. The first-order valence-electron chi connectivity index (χ1n) is 6.64. The van der Waals surface area contributed by atoms with E-state index in [0.717, 1.165) is 5.56 Å². The predicted octanol–water partition coefficient (Wildman–Crippen LogP) is 2.09. The maximum Gasteiger partial charge on any atom is 0.303 e. The smallest absolute Gasteiger partial charge is 0.303 e. The van der Waals surface area contributed by atoms with Crippen LogP contribution < -0.4 is 5.32 Å². The summed E-state index contributed by atoms with van der Waals surface area (Å²) in [6.45, 7) is 2.64. The summed E-state index contributed by atoms with van der Waals surface area (Å²) in [5, 5.41) is 11.5. The van der Waals surface area contributed by atoms with Gasteiger partial charge in [-0.3, -0.25) is 9.59 Å². The molecule has 6 nitrogen and oxygen atoms in total. The third kappa shape index (κ3) is 4.24. The summed E-state index contributed by atoms with van der Waals surface area (Å²) in [6, 6.07) is 7.07. The number of benzene rings is 1. The quantitative estimate of drug-likeness (QED) is 0.867. The summed E-state index contributed by atoms with van der Waals surface area (Å²) in [7, 11) is 0. The van der Waals surface area contributed by atoms with Crippen molar-refractivity contribution in [3.8, 4) is 0 Å². The van der Waals surface area contributed by atoms with E-state index < -0.39 is 5.97 Å². The van der Waals surface area contributed by atoms with Gasteiger partial charge in [0, 0.05) is 5.69 Å². The fourth-order valence-electron chi connectivity index (χ4n) is 1.95. The molecule has 0 bridgehead atoms. The Kier molecular flexibility index (Phi) is 4.81. The van der Waals surface area contributed by atoms with Gasteiger partial charge in [-0.1, -0.05) is 19.1 Å². The lowest BCUT2D eigenvalue weighted by Gasteiger charge is -2.15. The number of nitrogens with one attached hydrogen (secondary N) is 1. The number of hydrogen-bond donors (Lipinski definition) is 2. The van der Waals surface area contributed by atoms with Crippen molar-refractivity contribution in [3.63, 3.8) is 0 Å². The molecule has 1 aromatic carbocycles. The second kappa shape index (κ2) is 6.78. The summed E-state index contributed by atoms with van der Waals surface area (Å²) in [4.78, 5) is 22.6. The highest BCUT2D eigenvalue weighted by Crippen LogP contribution is 2.21. The van der Waals surface area contributed by atoms with Crippen LogP contribution in [0, 0.1) is 0 Å². The molecule has 112 valence electrons. The van der Waals surface area contributed by atoms with Crippen molar-refractivity contribution in [2.24, 2.45) is 0 Å². The van der Waals surface area contributed by atoms with Gasteiger partial charge in [-0.2, -0.15) is 0 Å². The van der Waals surface area contributed by atoms with Gasteiger partial charge in [0.15, 0.2) is 0 Å². The summed E-state index contributed by atoms with van der Waals surface area (Å²) < 4.78 is 10.2. The van der Waals surface area contributed by atoms with Gasteiger partial charge < -0.3 is 19.9 Å². The van der Waals surface area contributed by atoms with Gasteiger partial charge in [0.1, 0.15) is 19.5 Å². The summed E-state index contributed by atoms with van der Waals surface area (Å²) in [6.07, 6.45) is 1.37. The fraction of sp³-hybridized carbons (Fsp3) is 0.333. The molecule has 6 heteroatoms. The number of rotatable bonds is 5. The Morgan fingerprint density at radius 3 is 2.57 bits per heavy atom. The Balaban J connectivity index is 1.97. The highest BCUT2D eigenvalue weighted by Gasteiger charge is 2.15. The molecule has 0 saturated heterocycles. The van der Waals surface area contributed by atoms with Crippen LogP contribution in [0.3, 0.4) is 0 Å². The van der Waals surface area contributed by atoms with Gasteiger partial charge in [-0.25, -0.2) is 0 Å². The average molecular weight is 291 g/mol. The van der Waals surface area contributed by atoms with E-state index in [1.165, 1.54) is 6.26 Å². The molecular weight excluding hydrogens is 274 g/mol. The molecule has 0 radical (unpaired) electrons. The summed E-state index contributed by atoms with van der Waals surface area (Å²) >= 11 is 0. The maximum absolute atomic E-state index is 11.9. The van der Waals surface area contributed by atoms with Gasteiger partial charge >= 0.3 is 5.97 Å². The third-order valence-electron chi connectivity index (χ3n) is 3.09. The van der Waals surface area contributed by atoms with Gasteiger partial charge in [-0.05, 0) is 23.6 Å². The van der Waals surface area contributed by atoms with E-state index in [2.05, 4.69) is 5.32 Å². The van der Waals surface area contributed by atoms with E-state index in [0.29, 0.717) is 18.9 Å². The minimum Gasteiger partial charge on any atom is -0.494 e. The molecule has 0 saturated carbocycles. The lowest BCUT2D eigenvalue weighted by Crippen LogP contribution is -2.21. The zero-order chi connectivity index (χ0) is 15.2. The number of carbonyl (C=O) groups excluding carboxylic acids is 1. The lowest BCUT2D eigenvalue weighted by atomic mass is 9.98. The number of carboxylic acids is 1. The Bertz CT molecular complexity index is 550. The average Bonchev–Trinajstić information content (AvgIpc) is 2.48. The number of carboxylic acid groups (broad SMARTS) is 1. The summed E-state index contributed by atoms with van der Waals surface area (Å²) in [5.74, 6) is -1.14. The Labute approximate surface area is 122 Å². The SMILES string of the molecule is CC(CC(=O)O)c1ccc(NC(=O)C2=COCCO2)cc1. The van der Waals surface area contributed by atoms with Crippen LogP contribution in [0.5, 0.6) is 0 Å². The first-order chi connectivity index (χ1) is 10.1. The normalized spacial score (nSPS) is 15.2. The molecule has 1 atom stereocenters. The zero-order valence-corrected chi connectivity index (χ0v) is 11.7. The van der Waals surface area contributed by atoms with Crippen LogP contribution in [0.4, 0.5) is 5.69 Å². The van der Waals surface area contributed by atoms with Crippen molar-refractivity contribution in [1.82, 2.24) is 0 Å². The molecule has 1 heterocycles. The second-order valence-corrected chi connectivity index (χ2v) is 4.78. The molecule has 2 rings (SSSR count). The van der Waals surface area contributed by atoms with Crippen LogP contribution in [-0.2, 0) is 19.1 Å². The van der Waals surface area contributed by atoms with Gasteiger partial charge in [0.05, 0.1) is 6.42 Å². The molecule has 1 unspecified atom stereocenters. The van der Waals surface area contributed by atoms with Crippen LogP contribution in [0.15, 0.2) is 36.3 Å². The highest BCUT2D eigenvalue weighted by molar-refractivity contribution is 6.02. The minimum atomic E-state index is -0.832. The van der Waals surface area contributed by atoms with Crippen molar-refractivity contribution >= 4 is 17.6 Å². The molecule has 1 aromatic rings. The first-order valence-corrected chi connectivity index (χ1v) is 6.64. The Morgan fingerprint density at radius 1 is 1.29 bits per heavy atom. The van der Waals surface area contributed by atoms with Crippen LogP contribution >= 0.6 is 0 Å². The third-order valence-corrected chi connectivity index (χ3v) is 3.09. The van der Waals surface area contributed by atoms with E-state index in [-0.39, 0.29) is 24.0 Å². The molecule has 0 aliphatic carbocycles. The van der Waals surface area contributed by atoms with E-state index >= 15 is 0 Å². The van der Waals surface area contributed by atoms with E-state index in [1.54, 1.807) is 24.3 Å². The van der Waals surface area contributed by atoms with Crippen molar-refractivity contribution in [3.05, 3.63) is 41.9 Å². The summed E-state index contributed by atoms with van der Waals surface area (Å²) in [5.41, 5.74) is 1.52. The van der Waals surface area contributed by atoms with Crippen LogP contribution in [0.1, 0.15) is 24.8 Å². The molecular formula is C15H17NO5. The predicted molar refractivity (Wildman–Crippen MR) is 75.7 cm³/mol. The standard InChI is InChI=1S/C15H17NO5/c1-10(8-14(17)18)11-2-4-12(5-3-11)16-15(19)13-9-20-6-7-21-13/h2-5,9-10H,6-8H2,1H3,(H,16,19)(H,17,18). The molecule has 0 fully saturated rings. The van der Waals surface area contributed by atoms with Gasteiger partial charge in [-0.15, -0.1) is 0 Å². The Hall–Kier alpha value is -2.50. The largest absolute Gasteiger partial charge is 0.494 e.